The second kappa shape index (κ2) is 7.02. The molecular formula is C14H21NO5S. The molecule has 0 heterocycles. The first kappa shape index (κ1) is 17.6. The predicted octanol–water partition coefficient (Wildman–Crippen LogP) is 0.997. The van der Waals surface area contributed by atoms with Gasteiger partial charge in [-0.2, -0.15) is 4.72 Å². The number of aliphatic hydroxyl groups excluding tert-OH is 1. The van der Waals surface area contributed by atoms with Gasteiger partial charge < -0.3 is 10.2 Å². The van der Waals surface area contributed by atoms with Crippen LogP contribution in [0.4, 0.5) is 0 Å². The van der Waals surface area contributed by atoms with E-state index in [4.69, 9.17) is 5.11 Å². The maximum atomic E-state index is 12.1. The molecule has 6 nitrogen and oxygen atoms in total. The first-order valence-corrected chi connectivity index (χ1v) is 8.14. The topological polar surface area (TPSA) is 104 Å². The molecule has 0 saturated heterocycles. The molecule has 7 heteroatoms. The molecule has 21 heavy (non-hydrogen) atoms. The standard InChI is InChI=1S/C14H21NO5S/c1-9(2)8-11-4-6-12(7-5-11)21(19,20)15-13(10(3)16)14(17)18/h4-7,9-10,13,15-16H,8H2,1-3H3,(H,17,18). The van der Waals surface area contributed by atoms with E-state index in [1.165, 1.54) is 19.1 Å². The minimum absolute atomic E-state index is 0.0260. The lowest BCUT2D eigenvalue weighted by Gasteiger charge is -2.17. The zero-order valence-corrected chi connectivity index (χ0v) is 13.1. The van der Waals surface area contributed by atoms with Crippen LogP contribution in [0.5, 0.6) is 0 Å². The zero-order valence-electron chi connectivity index (χ0n) is 12.3. The number of carbonyl (C=O) groups is 1. The summed E-state index contributed by atoms with van der Waals surface area (Å²) < 4.78 is 26.2. The summed E-state index contributed by atoms with van der Waals surface area (Å²) in [5.74, 6) is -0.970. The number of aliphatic carboxylic acids is 1. The summed E-state index contributed by atoms with van der Waals surface area (Å²) in [5.41, 5.74) is 1.01. The van der Waals surface area contributed by atoms with Crippen LogP contribution in [0.1, 0.15) is 26.3 Å². The molecule has 0 aliphatic rings. The highest BCUT2D eigenvalue weighted by Gasteiger charge is 2.29. The van der Waals surface area contributed by atoms with Crippen LogP contribution in [0.2, 0.25) is 0 Å². The van der Waals surface area contributed by atoms with Gasteiger partial charge in [-0.1, -0.05) is 26.0 Å². The Morgan fingerprint density at radius 3 is 2.10 bits per heavy atom. The van der Waals surface area contributed by atoms with E-state index in [0.717, 1.165) is 12.0 Å². The summed E-state index contributed by atoms with van der Waals surface area (Å²) in [4.78, 5) is 10.9. The number of aliphatic hydroxyl groups is 1. The summed E-state index contributed by atoms with van der Waals surface area (Å²) in [6, 6.07) is 4.69. The summed E-state index contributed by atoms with van der Waals surface area (Å²) in [5, 5.41) is 18.2. The second-order valence-electron chi connectivity index (χ2n) is 5.42. The third-order valence-electron chi connectivity index (χ3n) is 2.91. The van der Waals surface area contributed by atoms with Crippen molar-refractivity contribution in [3.8, 4) is 0 Å². The highest BCUT2D eigenvalue weighted by molar-refractivity contribution is 7.89. The zero-order chi connectivity index (χ0) is 16.2. The van der Waals surface area contributed by atoms with Gasteiger partial charge in [0.15, 0.2) is 0 Å². The smallest absolute Gasteiger partial charge is 0.324 e. The molecule has 0 bridgehead atoms. The van der Waals surface area contributed by atoms with E-state index in [1.807, 2.05) is 4.72 Å². The van der Waals surface area contributed by atoms with Crippen LogP contribution < -0.4 is 4.72 Å². The Morgan fingerprint density at radius 1 is 1.19 bits per heavy atom. The minimum Gasteiger partial charge on any atom is -0.480 e. The summed E-state index contributed by atoms with van der Waals surface area (Å²) in [6.45, 7) is 5.34. The first-order valence-electron chi connectivity index (χ1n) is 6.65. The number of carboxylic acid groups (broad SMARTS) is 1. The van der Waals surface area contributed by atoms with E-state index in [-0.39, 0.29) is 4.90 Å². The van der Waals surface area contributed by atoms with Gasteiger partial charge >= 0.3 is 5.97 Å². The van der Waals surface area contributed by atoms with Gasteiger partial charge in [-0.25, -0.2) is 8.42 Å². The fourth-order valence-corrected chi connectivity index (χ4v) is 3.13. The number of hydrogen-bond donors (Lipinski definition) is 3. The molecule has 2 atom stereocenters. The highest BCUT2D eigenvalue weighted by Crippen LogP contribution is 2.14. The fourth-order valence-electron chi connectivity index (χ4n) is 1.87. The maximum Gasteiger partial charge on any atom is 0.324 e. The number of rotatable bonds is 7. The number of sulfonamides is 1. The monoisotopic (exact) mass is 315 g/mol. The molecule has 2 unspecified atom stereocenters. The molecule has 1 aromatic rings. The number of hydrogen-bond acceptors (Lipinski definition) is 4. The molecule has 3 N–H and O–H groups in total. The molecule has 0 spiro atoms. The lowest BCUT2D eigenvalue weighted by atomic mass is 10.0. The lowest BCUT2D eigenvalue weighted by molar-refractivity contribution is -0.141. The summed E-state index contributed by atoms with van der Waals surface area (Å²) in [6.07, 6.45) is -0.503. The van der Waals surface area contributed by atoms with Gasteiger partial charge in [-0.15, -0.1) is 0 Å². The fraction of sp³-hybridized carbons (Fsp3) is 0.500. The van der Waals surface area contributed by atoms with Crippen LogP contribution >= 0.6 is 0 Å². The summed E-state index contributed by atoms with van der Waals surface area (Å²) >= 11 is 0. The molecule has 0 aliphatic carbocycles. The van der Waals surface area contributed by atoms with Crippen LogP contribution in [0, 0.1) is 5.92 Å². The van der Waals surface area contributed by atoms with E-state index in [1.54, 1.807) is 12.1 Å². The Kier molecular flexibility index (Phi) is 5.88. The van der Waals surface area contributed by atoms with E-state index >= 15 is 0 Å². The van der Waals surface area contributed by atoms with E-state index in [2.05, 4.69) is 13.8 Å². The van der Waals surface area contributed by atoms with Crippen molar-refractivity contribution in [3.05, 3.63) is 29.8 Å². The molecular weight excluding hydrogens is 294 g/mol. The van der Waals surface area contributed by atoms with E-state index in [9.17, 15) is 18.3 Å². The van der Waals surface area contributed by atoms with Crippen molar-refractivity contribution in [3.63, 3.8) is 0 Å². The first-order chi connectivity index (χ1) is 9.63. The van der Waals surface area contributed by atoms with Crippen LogP contribution in [-0.2, 0) is 21.2 Å². The highest BCUT2D eigenvalue weighted by atomic mass is 32.2. The second-order valence-corrected chi connectivity index (χ2v) is 7.13. The van der Waals surface area contributed by atoms with Gasteiger partial charge in [0.05, 0.1) is 11.0 Å². The molecule has 0 aromatic heterocycles. The van der Waals surface area contributed by atoms with Gasteiger partial charge in [0.2, 0.25) is 10.0 Å². The molecule has 0 saturated carbocycles. The normalized spacial score (nSPS) is 14.9. The van der Waals surface area contributed by atoms with Crippen molar-refractivity contribution in [2.75, 3.05) is 0 Å². The predicted molar refractivity (Wildman–Crippen MR) is 78.4 cm³/mol. The third kappa shape index (κ3) is 5.11. The lowest BCUT2D eigenvalue weighted by Crippen LogP contribution is -2.47. The maximum absolute atomic E-state index is 12.1. The Bertz CT molecular complexity index is 578. The van der Waals surface area contributed by atoms with Gasteiger partial charge in [-0.3, -0.25) is 4.79 Å². The number of carboxylic acids is 1. The number of nitrogens with one attached hydrogen (secondary N) is 1. The molecule has 0 fully saturated rings. The van der Waals surface area contributed by atoms with Crippen molar-refractivity contribution >= 4 is 16.0 Å². The van der Waals surface area contributed by atoms with Crippen LogP contribution in [-0.4, -0.2) is 36.7 Å². The Morgan fingerprint density at radius 2 is 1.71 bits per heavy atom. The molecule has 1 rings (SSSR count). The van der Waals surface area contributed by atoms with Crippen LogP contribution in [0.15, 0.2) is 29.2 Å². The third-order valence-corrected chi connectivity index (χ3v) is 4.37. The van der Waals surface area contributed by atoms with Crippen molar-refractivity contribution in [1.29, 1.82) is 0 Å². The van der Waals surface area contributed by atoms with Gasteiger partial charge in [0, 0.05) is 0 Å². The van der Waals surface area contributed by atoms with E-state index in [0.29, 0.717) is 5.92 Å². The summed E-state index contributed by atoms with van der Waals surface area (Å²) in [7, 11) is -3.99. The average molecular weight is 315 g/mol. The van der Waals surface area contributed by atoms with Gasteiger partial charge in [-0.05, 0) is 37.0 Å². The minimum atomic E-state index is -3.99. The SMILES string of the molecule is CC(C)Cc1ccc(S(=O)(=O)NC(C(=O)O)C(C)O)cc1. The van der Waals surface area contributed by atoms with Gasteiger partial charge in [0.25, 0.3) is 0 Å². The quantitative estimate of drug-likeness (QED) is 0.696. The average Bonchev–Trinajstić information content (AvgIpc) is 2.35. The van der Waals surface area contributed by atoms with Crippen molar-refractivity contribution in [2.45, 2.75) is 44.2 Å². The van der Waals surface area contributed by atoms with Crippen molar-refractivity contribution in [2.24, 2.45) is 5.92 Å². The van der Waals surface area contributed by atoms with Crippen molar-refractivity contribution < 1.29 is 23.4 Å². The largest absolute Gasteiger partial charge is 0.480 e. The molecule has 0 radical (unpaired) electrons. The van der Waals surface area contributed by atoms with Crippen LogP contribution in [0.25, 0.3) is 0 Å². The molecule has 0 amide bonds. The van der Waals surface area contributed by atoms with E-state index < -0.39 is 28.1 Å². The number of benzene rings is 1. The Hall–Kier alpha value is -1.44. The van der Waals surface area contributed by atoms with Crippen LogP contribution in [0.3, 0.4) is 0 Å². The van der Waals surface area contributed by atoms with Crippen molar-refractivity contribution in [1.82, 2.24) is 4.72 Å². The molecule has 118 valence electrons. The molecule has 0 aliphatic heterocycles. The molecule has 1 aromatic carbocycles. The van der Waals surface area contributed by atoms with Gasteiger partial charge in [0.1, 0.15) is 6.04 Å². The Balaban J connectivity index is 2.95. The Labute approximate surface area is 124 Å².